The molecule has 1 aromatic carbocycles. The number of nitrogens with zero attached hydrogens (tertiary/aromatic N) is 3. The largest absolute Gasteiger partial charge is 0.490 e. The van der Waals surface area contributed by atoms with Crippen LogP contribution in [0.3, 0.4) is 0 Å². The molecule has 0 spiro atoms. The summed E-state index contributed by atoms with van der Waals surface area (Å²) in [6, 6.07) is 4.57. The molecule has 0 aliphatic heterocycles. The highest BCUT2D eigenvalue weighted by Crippen LogP contribution is 2.36. The summed E-state index contributed by atoms with van der Waals surface area (Å²) in [6.07, 6.45) is 0.595. The fraction of sp³-hybridized carbons (Fsp3) is 0.385. The van der Waals surface area contributed by atoms with Crippen molar-refractivity contribution in [2.75, 3.05) is 20.2 Å². The van der Waals surface area contributed by atoms with Gasteiger partial charge in [-0.3, -0.25) is 10.1 Å². The zero-order chi connectivity index (χ0) is 15.2. The maximum absolute atomic E-state index is 11.0. The molecule has 2 aromatic rings. The molecule has 112 valence electrons. The van der Waals surface area contributed by atoms with E-state index in [-0.39, 0.29) is 17.3 Å². The fourth-order valence-corrected chi connectivity index (χ4v) is 1.89. The van der Waals surface area contributed by atoms with Crippen molar-refractivity contribution in [2.24, 2.45) is 0 Å². The summed E-state index contributed by atoms with van der Waals surface area (Å²) in [5.41, 5.74) is 0.274. The van der Waals surface area contributed by atoms with Gasteiger partial charge in [0.2, 0.25) is 11.6 Å². The number of para-hydroxylation sites is 1. The third-order valence-corrected chi connectivity index (χ3v) is 2.86. The highest BCUT2D eigenvalue weighted by Gasteiger charge is 2.22. The summed E-state index contributed by atoms with van der Waals surface area (Å²) in [5, 5.41) is 22.0. The molecule has 0 aliphatic carbocycles. The average molecular weight is 292 g/mol. The van der Waals surface area contributed by atoms with Gasteiger partial charge in [-0.1, -0.05) is 13.0 Å². The van der Waals surface area contributed by atoms with E-state index < -0.39 is 4.92 Å². The molecule has 1 aromatic heterocycles. The molecule has 0 unspecified atom stereocenters. The molecule has 0 saturated heterocycles. The zero-order valence-corrected chi connectivity index (χ0v) is 11.8. The molecule has 21 heavy (non-hydrogen) atoms. The van der Waals surface area contributed by atoms with Gasteiger partial charge >= 0.3 is 5.69 Å². The quantitative estimate of drug-likeness (QED) is 0.471. The fourth-order valence-electron chi connectivity index (χ4n) is 1.89. The number of rotatable bonds is 7. The Bertz CT molecular complexity index is 626. The van der Waals surface area contributed by atoms with Crippen LogP contribution in [0.25, 0.3) is 11.5 Å². The van der Waals surface area contributed by atoms with E-state index in [1.165, 1.54) is 13.2 Å². The lowest BCUT2D eigenvalue weighted by Crippen LogP contribution is -2.16. The van der Waals surface area contributed by atoms with Crippen molar-refractivity contribution in [3.63, 3.8) is 0 Å². The van der Waals surface area contributed by atoms with Gasteiger partial charge in [-0.25, -0.2) is 0 Å². The summed E-state index contributed by atoms with van der Waals surface area (Å²) < 4.78 is 10.6. The lowest BCUT2D eigenvalue weighted by atomic mass is 10.1. The molecular weight excluding hydrogens is 276 g/mol. The van der Waals surface area contributed by atoms with E-state index >= 15 is 0 Å². The maximum Gasteiger partial charge on any atom is 0.311 e. The van der Waals surface area contributed by atoms with Crippen LogP contribution in [0.2, 0.25) is 0 Å². The van der Waals surface area contributed by atoms with Gasteiger partial charge in [0, 0.05) is 19.0 Å². The van der Waals surface area contributed by atoms with Crippen LogP contribution in [-0.2, 0) is 6.42 Å². The average Bonchev–Trinajstić information content (AvgIpc) is 2.95. The Labute approximate surface area is 121 Å². The predicted octanol–water partition coefficient (Wildman–Crippen LogP) is 1.81. The van der Waals surface area contributed by atoms with Gasteiger partial charge in [-0.2, -0.15) is 0 Å². The number of hydrogen-bond donors (Lipinski definition) is 1. The minimum atomic E-state index is -0.509. The van der Waals surface area contributed by atoms with Crippen molar-refractivity contribution in [1.29, 1.82) is 0 Å². The van der Waals surface area contributed by atoms with E-state index in [1.54, 1.807) is 12.1 Å². The molecular formula is C13H16N4O4. The number of benzene rings is 1. The molecule has 1 N–H and O–H groups in total. The Hall–Kier alpha value is -2.48. The molecule has 0 fully saturated rings. The van der Waals surface area contributed by atoms with Crippen LogP contribution < -0.4 is 10.1 Å². The van der Waals surface area contributed by atoms with Gasteiger partial charge < -0.3 is 14.5 Å². The number of likely N-dealkylation sites (N-methyl/N-ethyl adjacent to an activating group) is 1. The molecule has 0 radical (unpaired) electrons. The Balaban J connectivity index is 2.29. The Morgan fingerprint density at radius 3 is 2.90 bits per heavy atom. The van der Waals surface area contributed by atoms with E-state index in [1.807, 2.05) is 6.92 Å². The second-order valence-electron chi connectivity index (χ2n) is 4.22. The van der Waals surface area contributed by atoms with Crippen molar-refractivity contribution >= 4 is 5.69 Å². The first-order valence-electron chi connectivity index (χ1n) is 6.52. The maximum atomic E-state index is 11.0. The van der Waals surface area contributed by atoms with Crippen LogP contribution in [0.1, 0.15) is 12.8 Å². The van der Waals surface area contributed by atoms with Crippen LogP contribution in [0.15, 0.2) is 22.6 Å². The first kappa shape index (κ1) is 14.9. The number of nitro benzene ring substituents is 1. The van der Waals surface area contributed by atoms with Gasteiger partial charge in [-0.05, 0) is 12.6 Å². The number of nitro groups is 1. The summed E-state index contributed by atoms with van der Waals surface area (Å²) in [5.74, 6) is 0.797. The SMILES string of the molecule is CCNCCc1nnc(-c2cccc([N+](=O)[O-])c2OC)o1. The Morgan fingerprint density at radius 1 is 1.43 bits per heavy atom. The summed E-state index contributed by atoms with van der Waals surface area (Å²) >= 11 is 0. The van der Waals surface area contributed by atoms with Gasteiger partial charge in [0.15, 0.2) is 0 Å². The van der Waals surface area contributed by atoms with Crippen molar-refractivity contribution in [3.05, 3.63) is 34.2 Å². The molecule has 0 aliphatic rings. The number of methoxy groups -OCH3 is 1. The number of nitrogens with one attached hydrogen (secondary N) is 1. The third-order valence-electron chi connectivity index (χ3n) is 2.86. The normalized spacial score (nSPS) is 10.6. The lowest BCUT2D eigenvalue weighted by Gasteiger charge is -2.05. The van der Waals surface area contributed by atoms with Crippen LogP contribution in [0, 0.1) is 10.1 Å². The monoisotopic (exact) mass is 292 g/mol. The highest BCUT2D eigenvalue weighted by atomic mass is 16.6. The smallest absolute Gasteiger partial charge is 0.311 e. The van der Waals surface area contributed by atoms with Gasteiger partial charge in [0.1, 0.15) is 0 Å². The molecule has 0 amide bonds. The second kappa shape index (κ2) is 6.80. The molecule has 1 heterocycles. The first-order chi connectivity index (χ1) is 10.2. The topological polar surface area (TPSA) is 103 Å². The van der Waals surface area contributed by atoms with Gasteiger partial charge in [-0.15, -0.1) is 10.2 Å². The minimum Gasteiger partial charge on any atom is -0.490 e. The number of ether oxygens (including phenoxy) is 1. The van der Waals surface area contributed by atoms with Crippen molar-refractivity contribution in [1.82, 2.24) is 15.5 Å². The van der Waals surface area contributed by atoms with Crippen LogP contribution in [-0.4, -0.2) is 35.3 Å². The summed E-state index contributed by atoms with van der Waals surface area (Å²) in [6.45, 7) is 3.59. The Morgan fingerprint density at radius 2 is 2.24 bits per heavy atom. The van der Waals surface area contributed by atoms with E-state index in [2.05, 4.69) is 15.5 Å². The standard InChI is InChI=1S/C13H16N4O4/c1-3-14-8-7-11-15-16-13(21-11)9-5-4-6-10(17(18)19)12(9)20-2/h4-6,14H,3,7-8H2,1-2H3. The van der Waals surface area contributed by atoms with Crippen molar-refractivity contribution in [3.8, 4) is 17.2 Å². The molecule has 0 atom stereocenters. The first-order valence-corrected chi connectivity index (χ1v) is 6.52. The van der Waals surface area contributed by atoms with E-state index in [0.29, 0.717) is 17.9 Å². The summed E-state index contributed by atoms with van der Waals surface area (Å²) in [7, 11) is 1.37. The van der Waals surface area contributed by atoms with Crippen LogP contribution in [0.5, 0.6) is 5.75 Å². The number of aromatic nitrogens is 2. The summed E-state index contributed by atoms with van der Waals surface area (Å²) in [4.78, 5) is 10.5. The second-order valence-corrected chi connectivity index (χ2v) is 4.22. The lowest BCUT2D eigenvalue weighted by molar-refractivity contribution is -0.385. The van der Waals surface area contributed by atoms with E-state index in [0.717, 1.165) is 13.1 Å². The van der Waals surface area contributed by atoms with Crippen LogP contribution >= 0.6 is 0 Å². The molecule has 0 bridgehead atoms. The van der Waals surface area contributed by atoms with Crippen LogP contribution in [0.4, 0.5) is 5.69 Å². The minimum absolute atomic E-state index is 0.115. The predicted molar refractivity (Wildman–Crippen MR) is 75.2 cm³/mol. The zero-order valence-electron chi connectivity index (χ0n) is 11.8. The molecule has 8 heteroatoms. The third kappa shape index (κ3) is 3.34. The van der Waals surface area contributed by atoms with Crippen molar-refractivity contribution in [2.45, 2.75) is 13.3 Å². The molecule has 8 nitrogen and oxygen atoms in total. The van der Waals surface area contributed by atoms with E-state index in [9.17, 15) is 10.1 Å². The Kier molecular flexibility index (Phi) is 4.83. The van der Waals surface area contributed by atoms with E-state index in [4.69, 9.17) is 9.15 Å². The highest BCUT2D eigenvalue weighted by molar-refractivity contribution is 5.69. The van der Waals surface area contributed by atoms with Gasteiger partial charge in [0.05, 0.1) is 17.6 Å². The molecule has 0 saturated carbocycles. The number of hydrogen-bond acceptors (Lipinski definition) is 7. The molecule has 2 rings (SSSR count). The van der Waals surface area contributed by atoms with Crippen molar-refractivity contribution < 1.29 is 14.1 Å². The van der Waals surface area contributed by atoms with Gasteiger partial charge in [0.25, 0.3) is 5.89 Å².